The zero-order valence-corrected chi connectivity index (χ0v) is 12.7. The molecule has 1 unspecified atom stereocenters. The van der Waals surface area contributed by atoms with Crippen LogP contribution in [0.2, 0.25) is 5.02 Å². The van der Waals surface area contributed by atoms with Crippen LogP contribution in [0, 0.1) is 13.8 Å². The molecule has 0 aliphatic heterocycles. The van der Waals surface area contributed by atoms with Crippen molar-refractivity contribution >= 4 is 38.9 Å². The molecule has 2 rings (SSSR count). The van der Waals surface area contributed by atoms with E-state index in [4.69, 9.17) is 11.6 Å². The molecular weight excluding hydrogens is 320 g/mol. The molecule has 1 atom stereocenters. The summed E-state index contributed by atoms with van der Waals surface area (Å²) in [6.07, 6.45) is -0.607. The second-order valence-electron chi connectivity index (χ2n) is 4.03. The van der Waals surface area contributed by atoms with E-state index >= 15 is 0 Å². The van der Waals surface area contributed by atoms with E-state index in [1.165, 1.54) is 16.9 Å². The van der Waals surface area contributed by atoms with Crippen LogP contribution in [0.5, 0.6) is 0 Å². The Morgan fingerprint density at radius 1 is 1.29 bits per heavy atom. The van der Waals surface area contributed by atoms with E-state index in [0.29, 0.717) is 5.02 Å². The van der Waals surface area contributed by atoms with Gasteiger partial charge in [-0.3, -0.25) is 0 Å². The molecule has 2 aromatic rings. The molecule has 90 valence electrons. The van der Waals surface area contributed by atoms with Gasteiger partial charge >= 0.3 is 0 Å². The lowest BCUT2D eigenvalue weighted by molar-refractivity contribution is 0.223. The summed E-state index contributed by atoms with van der Waals surface area (Å²) in [4.78, 5) is 0.855. The Balaban J connectivity index is 2.39. The minimum absolute atomic E-state index is 0.607. The first-order chi connectivity index (χ1) is 7.99. The van der Waals surface area contributed by atoms with Crippen molar-refractivity contribution in [3.8, 4) is 0 Å². The predicted octanol–water partition coefficient (Wildman–Crippen LogP) is 4.86. The first-order valence-electron chi connectivity index (χ1n) is 5.19. The highest BCUT2D eigenvalue weighted by Crippen LogP contribution is 2.38. The number of rotatable bonds is 2. The lowest BCUT2D eigenvalue weighted by Crippen LogP contribution is -2.00. The fourth-order valence-electron chi connectivity index (χ4n) is 1.78. The molecule has 0 fully saturated rings. The van der Waals surface area contributed by atoms with Crippen LogP contribution >= 0.6 is 38.9 Å². The molecule has 0 radical (unpaired) electrons. The minimum atomic E-state index is -0.607. The maximum absolute atomic E-state index is 10.3. The van der Waals surface area contributed by atoms with Crippen molar-refractivity contribution in [3.63, 3.8) is 0 Å². The average Bonchev–Trinajstić information content (AvgIpc) is 2.58. The number of halogens is 2. The fourth-order valence-corrected chi connectivity index (χ4v) is 3.54. The number of thiophene rings is 1. The Morgan fingerprint density at radius 2 is 2.00 bits per heavy atom. The summed E-state index contributed by atoms with van der Waals surface area (Å²) in [6, 6.07) is 7.86. The maximum Gasteiger partial charge on any atom is 0.114 e. The van der Waals surface area contributed by atoms with Gasteiger partial charge in [-0.1, -0.05) is 35.4 Å². The maximum atomic E-state index is 10.3. The van der Waals surface area contributed by atoms with Crippen LogP contribution in [0.25, 0.3) is 0 Å². The van der Waals surface area contributed by atoms with Crippen LogP contribution in [0.4, 0.5) is 0 Å². The molecule has 1 aromatic heterocycles. The summed E-state index contributed by atoms with van der Waals surface area (Å²) in [5, 5.41) is 11.0. The molecule has 1 N–H and O–H groups in total. The van der Waals surface area contributed by atoms with Gasteiger partial charge in [0.15, 0.2) is 0 Å². The Kier molecular flexibility index (Phi) is 3.93. The Labute approximate surface area is 118 Å². The largest absolute Gasteiger partial charge is 0.383 e. The predicted molar refractivity (Wildman–Crippen MR) is 77.0 cm³/mol. The van der Waals surface area contributed by atoms with E-state index in [2.05, 4.69) is 22.0 Å². The zero-order valence-electron chi connectivity index (χ0n) is 9.50. The van der Waals surface area contributed by atoms with Gasteiger partial charge in [0.2, 0.25) is 0 Å². The number of aliphatic hydroxyl groups is 1. The number of benzene rings is 1. The summed E-state index contributed by atoms with van der Waals surface area (Å²) >= 11 is 10.8. The fraction of sp³-hybridized carbons (Fsp3) is 0.231. The van der Waals surface area contributed by atoms with Crippen LogP contribution in [-0.4, -0.2) is 5.11 Å². The minimum Gasteiger partial charge on any atom is -0.383 e. The molecule has 0 saturated heterocycles. The SMILES string of the molecule is Cc1ccc(C(O)c2cc(Cl)c(Br)s2)c(C)c1. The number of aliphatic hydroxyl groups excluding tert-OH is 1. The van der Waals surface area contributed by atoms with Crippen LogP contribution < -0.4 is 0 Å². The van der Waals surface area contributed by atoms with Gasteiger partial charge in [0, 0.05) is 4.88 Å². The van der Waals surface area contributed by atoms with Crippen molar-refractivity contribution in [2.75, 3.05) is 0 Å². The van der Waals surface area contributed by atoms with Gasteiger partial charge in [-0.15, -0.1) is 11.3 Å². The van der Waals surface area contributed by atoms with E-state index < -0.39 is 6.10 Å². The summed E-state index contributed by atoms with van der Waals surface area (Å²) in [5.41, 5.74) is 3.23. The van der Waals surface area contributed by atoms with Crippen LogP contribution in [0.1, 0.15) is 27.7 Å². The molecule has 0 aliphatic rings. The molecule has 1 nitrogen and oxygen atoms in total. The second-order valence-corrected chi connectivity index (χ2v) is 6.84. The highest BCUT2D eigenvalue weighted by molar-refractivity contribution is 9.11. The van der Waals surface area contributed by atoms with Crippen molar-refractivity contribution in [3.05, 3.63) is 54.6 Å². The highest BCUT2D eigenvalue weighted by atomic mass is 79.9. The Morgan fingerprint density at radius 3 is 2.53 bits per heavy atom. The number of aryl methyl sites for hydroxylation is 2. The molecule has 1 aromatic carbocycles. The van der Waals surface area contributed by atoms with Gasteiger partial charge in [0.05, 0.1) is 8.81 Å². The molecule has 0 saturated carbocycles. The van der Waals surface area contributed by atoms with E-state index in [0.717, 1.165) is 19.8 Å². The third kappa shape index (κ3) is 2.74. The van der Waals surface area contributed by atoms with Gasteiger partial charge in [-0.25, -0.2) is 0 Å². The molecule has 4 heteroatoms. The van der Waals surface area contributed by atoms with Crippen LogP contribution in [0.15, 0.2) is 28.1 Å². The smallest absolute Gasteiger partial charge is 0.114 e. The summed E-state index contributed by atoms with van der Waals surface area (Å²) in [6.45, 7) is 4.05. The molecule has 0 bridgehead atoms. The number of hydrogen-bond acceptors (Lipinski definition) is 2. The summed E-state index contributed by atoms with van der Waals surface area (Å²) in [7, 11) is 0. The number of hydrogen-bond donors (Lipinski definition) is 1. The zero-order chi connectivity index (χ0) is 12.6. The normalized spacial score (nSPS) is 12.8. The second kappa shape index (κ2) is 5.11. The topological polar surface area (TPSA) is 20.2 Å². The van der Waals surface area contributed by atoms with Gasteiger partial charge < -0.3 is 5.11 Å². The van der Waals surface area contributed by atoms with Crippen molar-refractivity contribution in [1.29, 1.82) is 0 Å². The molecular formula is C13H12BrClOS. The first-order valence-corrected chi connectivity index (χ1v) is 7.17. The van der Waals surface area contributed by atoms with Crippen molar-refractivity contribution in [2.24, 2.45) is 0 Å². The van der Waals surface area contributed by atoms with Gasteiger partial charge in [-0.2, -0.15) is 0 Å². The average molecular weight is 332 g/mol. The Hall–Kier alpha value is -0.350. The first kappa shape index (κ1) is 13.1. The van der Waals surface area contributed by atoms with Crippen molar-refractivity contribution in [2.45, 2.75) is 20.0 Å². The molecule has 0 aliphatic carbocycles. The third-order valence-corrected chi connectivity index (χ3v) is 5.18. The quantitative estimate of drug-likeness (QED) is 0.833. The van der Waals surface area contributed by atoms with Crippen molar-refractivity contribution < 1.29 is 5.11 Å². The molecule has 0 amide bonds. The highest BCUT2D eigenvalue weighted by Gasteiger charge is 2.16. The van der Waals surface area contributed by atoms with E-state index in [9.17, 15) is 5.11 Å². The van der Waals surface area contributed by atoms with Crippen molar-refractivity contribution in [1.82, 2.24) is 0 Å². The standard InChI is InChI=1S/C13H12BrClOS/c1-7-3-4-9(8(2)5-7)12(16)11-6-10(15)13(14)17-11/h3-6,12,16H,1-2H3. The lowest BCUT2D eigenvalue weighted by atomic mass is 10.0. The summed E-state index contributed by atoms with van der Waals surface area (Å²) < 4.78 is 0.859. The Bertz CT molecular complexity index is 531. The molecule has 0 spiro atoms. The van der Waals surface area contributed by atoms with E-state index in [1.807, 2.05) is 26.0 Å². The molecule has 17 heavy (non-hydrogen) atoms. The van der Waals surface area contributed by atoms with E-state index in [1.54, 1.807) is 6.07 Å². The van der Waals surface area contributed by atoms with Crippen LogP contribution in [0.3, 0.4) is 0 Å². The van der Waals surface area contributed by atoms with Crippen LogP contribution in [-0.2, 0) is 0 Å². The third-order valence-electron chi connectivity index (χ3n) is 2.65. The monoisotopic (exact) mass is 330 g/mol. The summed E-state index contributed by atoms with van der Waals surface area (Å²) in [5.74, 6) is 0. The van der Waals surface area contributed by atoms with Gasteiger partial charge in [0.1, 0.15) is 6.10 Å². The molecule has 1 heterocycles. The van der Waals surface area contributed by atoms with Gasteiger partial charge in [0.25, 0.3) is 0 Å². The lowest BCUT2D eigenvalue weighted by Gasteiger charge is -2.12. The van der Waals surface area contributed by atoms with E-state index in [-0.39, 0.29) is 0 Å². The van der Waals surface area contributed by atoms with Gasteiger partial charge in [-0.05, 0) is 47.0 Å².